The van der Waals surface area contributed by atoms with Gasteiger partial charge in [-0.05, 0) is 31.3 Å². The number of guanidine groups is 1. The molecule has 1 aliphatic heterocycles. The predicted octanol–water partition coefficient (Wildman–Crippen LogP) is 4.75. The molecule has 2 aromatic rings. The number of rotatable bonds is 6. The minimum Gasteiger partial charge on any atom is -0.356 e. The van der Waals surface area contributed by atoms with Crippen molar-refractivity contribution in [3.8, 4) is 10.6 Å². The molecule has 136 valence electrons. The van der Waals surface area contributed by atoms with Crippen molar-refractivity contribution < 1.29 is 0 Å². The van der Waals surface area contributed by atoms with Crippen molar-refractivity contribution in [2.75, 3.05) is 19.0 Å². The molecular formula is C17H17Cl2N5S2. The number of nitrogens with zero attached hydrogens (tertiary/aromatic N) is 3. The Labute approximate surface area is 170 Å². The van der Waals surface area contributed by atoms with Gasteiger partial charge in [-0.2, -0.15) is 0 Å². The van der Waals surface area contributed by atoms with Crippen LogP contribution in [-0.4, -0.2) is 36.6 Å². The summed E-state index contributed by atoms with van der Waals surface area (Å²) in [6, 6.07) is 5.38. The number of benzene rings is 1. The van der Waals surface area contributed by atoms with E-state index in [0.29, 0.717) is 15.9 Å². The Morgan fingerprint density at radius 3 is 3.08 bits per heavy atom. The summed E-state index contributed by atoms with van der Waals surface area (Å²) >= 11 is 15.3. The highest BCUT2D eigenvalue weighted by atomic mass is 35.5. The van der Waals surface area contributed by atoms with Crippen LogP contribution in [0.15, 0.2) is 39.0 Å². The summed E-state index contributed by atoms with van der Waals surface area (Å²) in [7, 11) is 0. The van der Waals surface area contributed by atoms with Crippen molar-refractivity contribution in [2.45, 2.75) is 6.42 Å². The Kier molecular flexibility index (Phi) is 6.96. The smallest absolute Gasteiger partial charge is 0.191 e. The van der Waals surface area contributed by atoms with Crippen LogP contribution in [0.5, 0.6) is 0 Å². The molecule has 0 aliphatic carbocycles. The van der Waals surface area contributed by atoms with E-state index >= 15 is 0 Å². The Bertz CT molecular complexity index is 847. The Balaban J connectivity index is 1.65. The van der Waals surface area contributed by atoms with Crippen molar-refractivity contribution >= 4 is 64.7 Å². The first-order valence-electron chi connectivity index (χ1n) is 7.89. The summed E-state index contributed by atoms with van der Waals surface area (Å²) in [5.74, 6) is 1.53. The van der Waals surface area contributed by atoms with Gasteiger partial charge in [-0.25, -0.2) is 4.98 Å². The lowest BCUT2D eigenvalue weighted by Gasteiger charge is -2.15. The van der Waals surface area contributed by atoms with E-state index in [0.717, 1.165) is 47.4 Å². The zero-order valence-electron chi connectivity index (χ0n) is 13.8. The van der Waals surface area contributed by atoms with Crippen LogP contribution in [0.2, 0.25) is 10.0 Å². The molecule has 0 spiro atoms. The molecule has 0 bridgehead atoms. The van der Waals surface area contributed by atoms with E-state index in [2.05, 4.69) is 32.3 Å². The van der Waals surface area contributed by atoms with Gasteiger partial charge in [-0.15, -0.1) is 23.1 Å². The van der Waals surface area contributed by atoms with E-state index in [4.69, 9.17) is 23.2 Å². The lowest BCUT2D eigenvalue weighted by molar-refractivity contribution is 0.718. The number of nitrogens with one attached hydrogen (secondary N) is 2. The van der Waals surface area contributed by atoms with E-state index in [-0.39, 0.29) is 0 Å². The highest BCUT2D eigenvalue weighted by molar-refractivity contribution is 8.02. The molecule has 0 atom stereocenters. The monoisotopic (exact) mass is 425 g/mol. The molecule has 1 aliphatic rings. The second-order valence-corrected chi connectivity index (χ2v) is 7.88. The van der Waals surface area contributed by atoms with Crippen molar-refractivity contribution in [3.63, 3.8) is 0 Å². The third-order valence-corrected chi connectivity index (χ3v) is 5.64. The van der Waals surface area contributed by atoms with E-state index in [1.54, 1.807) is 23.9 Å². The third kappa shape index (κ3) is 5.01. The Morgan fingerprint density at radius 1 is 1.46 bits per heavy atom. The fourth-order valence-corrected chi connectivity index (χ4v) is 4.30. The Morgan fingerprint density at radius 2 is 2.35 bits per heavy atom. The number of hydrogen-bond acceptors (Lipinski definition) is 7. The number of aromatic nitrogens is 1. The van der Waals surface area contributed by atoms with Crippen molar-refractivity contribution in [2.24, 2.45) is 9.98 Å². The standard InChI is InChI=1S/C17H17Cl2N5S2/c1-20-14(8-25-10-23-17-21-5-2-6-22-17)15-9-26-16(24-15)12-4-3-11(18)7-13(12)19/h3-4,7-9H,1-2,5-6,10H2,(H2,21,22,23)/b14-8-. The van der Waals surface area contributed by atoms with Gasteiger partial charge >= 0.3 is 0 Å². The molecule has 0 amide bonds. The third-order valence-electron chi connectivity index (χ3n) is 3.51. The zero-order chi connectivity index (χ0) is 18.4. The fourth-order valence-electron chi connectivity index (χ4n) is 2.24. The lowest BCUT2D eigenvalue weighted by Crippen LogP contribution is -2.40. The van der Waals surface area contributed by atoms with E-state index in [1.165, 1.54) is 11.3 Å². The van der Waals surface area contributed by atoms with Crippen LogP contribution in [-0.2, 0) is 0 Å². The normalized spacial score (nSPS) is 14.5. The van der Waals surface area contributed by atoms with Crippen LogP contribution in [0.3, 0.4) is 0 Å². The van der Waals surface area contributed by atoms with Crippen molar-refractivity contribution in [1.82, 2.24) is 15.6 Å². The van der Waals surface area contributed by atoms with Gasteiger partial charge in [0.15, 0.2) is 5.96 Å². The molecule has 1 aromatic carbocycles. The summed E-state index contributed by atoms with van der Waals surface area (Å²) in [4.78, 5) is 13.1. The van der Waals surface area contributed by atoms with Gasteiger partial charge in [0.1, 0.15) is 10.7 Å². The minimum atomic E-state index is 0.579. The maximum absolute atomic E-state index is 6.27. The highest BCUT2D eigenvalue weighted by Crippen LogP contribution is 2.34. The molecule has 0 unspecified atom stereocenters. The molecule has 0 fully saturated rings. The topological polar surface area (TPSA) is 61.7 Å². The highest BCUT2D eigenvalue weighted by Gasteiger charge is 2.11. The predicted molar refractivity (Wildman–Crippen MR) is 116 cm³/mol. The maximum Gasteiger partial charge on any atom is 0.191 e. The molecule has 5 nitrogen and oxygen atoms in total. The average Bonchev–Trinajstić information content (AvgIpc) is 3.12. The van der Waals surface area contributed by atoms with Crippen molar-refractivity contribution in [1.29, 1.82) is 0 Å². The van der Waals surface area contributed by atoms with E-state index in [9.17, 15) is 0 Å². The quantitative estimate of drug-likeness (QED) is 0.398. The number of hydrogen-bond donors (Lipinski definition) is 2. The van der Waals surface area contributed by atoms with Gasteiger partial charge in [0.2, 0.25) is 0 Å². The zero-order valence-corrected chi connectivity index (χ0v) is 17.0. The average molecular weight is 426 g/mol. The van der Waals surface area contributed by atoms with E-state index < -0.39 is 0 Å². The van der Waals surface area contributed by atoms with Crippen LogP contribution in [0, 0.1) is 0 Å². The summed E-state index contributed by atoms with van der Waals surface area (Å²) < 4.78 is 0. The summed E-state index contributed by atoms with van der Waals surface area (Å²) in [6.45, 7) is 5.47. The SMILES string of the molecule is C=N/C(=C\SCNC1=NCCCN1)c1csc(-c2ccc(Cl)cc2Cl)n1. The first-order chi connectivity index (χ1) is 12.7. The van der Waals surface area contributed by atoms with Gasteiger partial charge in [0.25, 0.3) is 0 Å². The van der Waals surface area contributed by atoms with E-state index in [1.807, 2.05) is 16.9 Å². The first-order valence-corrected chi connectivity index (χ1v) is 10.6. The lowest BCUT2D eigenvalue weighted by atomic mass is 10.2. The van der Waals surface area contributed by atoms with Gasteiger partial charge in [0, 0.05) is 34.5 Å². The number of halogens is 2. The molecule has 9 heteroatoms. The molecule has 2 N–H and O–H groups in total. The molecule has 3 rings (SSSR count). The van der Waals surface area contributed by atoms with Crippen LogP contribution < -0.4 is 10.6 Å². The summed E-state index contributed by atoms with van der Waals surface area (Å²) in [5, 5.41) is 12.3. The largest absolute Gasteiger partial charge is 0.356 e. The molecule has 26 heavy (non-hydrogen) atoms. The van der Waals surface area contributed by atoms with Crippen LogP contribution >= 0.6 is 46.3 Å². The minimum absolute atomic E-state index is 0.579. The van der Waals surface area contributed by atoms with Gasteiger partial charge in [-0.3, -0.25) is 9.98 Å². The first kappa shape index (κ1) is 19.2. The van der Waals surface area contributed by atoms with Crippen LogP contribution in [0.25, 0.3) is 16.3 Å². The van der Waals surface area contributed by atoms with Crippen LogP contribution in [0.4, 0.5) is 0 Å². The molecule has 0 radical (unpaired) electrons. The van der Waals surface area contributed by atoms with Gasteiger partial charge in [0.05, 0.1) is 16.6 Å². The van der Waals surface area contributed by atoms with Crippen LogP contribution in [0.1, 0.15) is 12.1 Å². The summed E-state index contributed by atoms with van der Waals surface area (Å²) in [6.07, 6.45) is 1.08. The number of thioether (sulfide) groups is 1. The second-order valence-electron chi connectivity index (χ2n) is 5.32. The molecule has 0 saturated heterocycles. The van der Waals surface area contributed by atoms with Gasteiger partial charge < -0.3 is 10.6 Å². The number of aliphatic imine (C=N–C) groups is 2. The number of thiazole rings is 1. The molecule has 0 saturated carbocycles. The summed E-state index contributed by atoms with van der Waals surface area (Å²) in [5.41, 5.74) is 2.35. The second kappa shape index (κ2) is 9.41. The molecule has 1 aromatic heterocycles. The molecular weight excluding hydrogens is 409 g/mol. The van der Waals surface area contributed by atoms with Gasteiger partial charge in [-0.1, -0.05) is 23.2 Å². The van der Waals surface area contributed by atoms with Crippen molar-refractivity contribution in [3.05, 3.63) is 44.7 Å². The maximum atomic E-state index is 6.27. The fraction of sp³-hybridized carbons (Fsp3) is 0.235. The molecule has 2 heterocycles. The Hall–Kier alpha value is -1.54.